The maximum absolute atomic E-state index is 14.3. The first-order valence-corrected chi connectivity index (χ1v) is 10.6. The molecule has 2 heterocycles. The summed E-state index contributed by atoms with van der Waals surface area (Å²) in [5.41, 5.74) is 1.19. The molecule has 0 aliphatic carbocycles. The van der Waals surface area contributed by atoms with E-state index in [9.17, 15) is 8.78 Å². The highest BCUT2D eigenvalue weighted by atomic mass is 35.5. The van der Waals surface area contributed by atoms with Crippen molar-refractivity contribution in [2.24, 2.45) is 9.98 Å². The second-order valence-electron chi connectivity index (χ2n) is 7.82. The highest BCUT2D eigenvalue weighted by Gasteiger charge is 2.23. The number of hydrogen-bond donors (Lipinski definition) is 0. The summed E-state index contributed by atoms with van der Waals surface area (Å²) in [6.45, 7) is 5.27. The van der Waals surface area contributed by atoms with Gasteiger partial charge in [0, 0.05) is 34.6 Å². The van der Waals surface area contributed by atoms with Gasteiger partial charge >= 0.3 is 6.08 Å². The van der Waals surface area contributed by atoms with E-state index < -0.39 is 11.9 Å². The fourth-order valence-electron chi connectivity index (χ4n) is 3.67. The summed E-state index contributed by atoms with van der Waals surface area (Å²) in [7, 11) is 0. The second-order valence-corrected chi connectivity index (χ2v) is 8.22. The molecule has 4 rings (SSSR count). The van der Waals surface area contributed by atoms with Crippen molar-refractivity contribution in [2.45, 2.75) is 38.8 Å². The Labute approximate surface area is 184 Å². The minimum atomic E-state index is -0.825. The molecule has 0 radical (unpaired) electrons. The molecule has 1 aliphatic heterocycles. The molecule has 0 atom stereocenters. The largest absolute Gasteiger partial charge is 0.356 e. The highest BCUT2D eigenvalue weighted by Crippen LogP contribution is 2.36. The van der Waals surface area contributed by atoms with Crippen LogP contribution in [0.25, 0.3) is 22.0 Å². The van der Waals surface area contributed by atoms with Crippen LogP contribution in [-0.4, -0.2) is 41.1 Å². The topological polar surface area (TPSA) is 53.7 Å². The molecule has 1 fully saturated rings. The molecule has 0 N–H and O–H groups in total. The average molecular weight is 442 g/mol. The average Bonchev–Trinajstić information content (AvgIpc) is 2.74. The molecule has 0 bridgehead atoms. The van der Waals surface area contributed by atoms with Crippen LogP contribution < -0.4 is 4.90 Å². The van der Waals surface area contributed by atoms with Crippen LogP contribution in [0, 0.1) is 11.9 Å². The van der Waals surface area contributed by atoms with E-state index in [4.69, 9.17) is 11.6 Å². The highest BCUT2D eigenvalue weighted by molar-refractivity contribution is 6.34. The van der Waals surface area contributed by atoms with Crippen LogP contribution in [0.4, 0.5) is 14.6 Å². The molecule has 8 heteroatoms. The Morgan fingerprint density at radius 3 is 2.55 bits per heavy atom. The van der Waals surface area contributed by atoms with Crippen molar-refractivity contribution in [3.8, 4) is 11.1 Å². The standard InChI is InChI=1S/C23H22ClF2N5/c1-14(2)27-13-28-15-7-9-31(10-8-15)22-18-11-19(24)17(12-21(18)29-23(26)30-22)16-5-3-4-6-20(16)25/h3-6,11-12,14-15H,7-10H2,1-2H3. The number of rotatable bonds is 4. The van der Waals surface area contributed by atoms with Gasteiger partial charge in [0.1, 0.15) is 11.6 Å². The Morgan fingerprint density at radius 1 is 1.10 bits per heavy atom. The predicted octanol–water partition coefficient (Wildman–Crippen LogP) is 5.78. The summed E-state index contributed by atoms with van der Waals surface area (Å²) in [6, 6.07) is 12.7. The lowest BCUT2D eigenvalue weighted by atomic mass is 10.0. The molecule has 0 amide bonds. The first-order chi connectivity index (χ1) is 14.9. The number of aliphatic imine (C=N–C) groups is 2. The van der Waals surface area contributed by atoms with Gasteiger partial charge in [-0.1, -0.05) is 29.8 Å². The van der Waals surface area contributed by atoms with Crippen LogP contribution in [0.1, 0.15) is 26.7 Å². The molecule has 1 saturated heterocycles. The number of halogens is 3. The van der Waals surface area contributed by atoms with E-state index >= 15 is 0 Å². The number of aromatic nitrogens is 2. The molecule has 5 nitrogen and oxygen atoms in total. The molecule has 31 heavy (non-hydrogen) atoms. The van der Waals surface area contributed by atoms with E-state index in [-0.39, 0.29) is 12.1 Å². The van der Waals surface area contributed by atoms with Crippen LogP contribution in [0.5, 0.6) is 0 Å². The predicted molar refractivity (Wildman–Crippen MR) is 120 cm³/mol. The van der Waals surface area contributed by atoms with Crippen molar-refractivity contribution in [1.29, 1.82) is 0 Å². The molecule has 1 aliphatic rings. The molecule has 0 spiro atoms. The Kier molecular flexibility index (Phi) is 6.25. The van der Waals surface area contributed by atoms with E-state index in [1.807, 2.05) is 18.7 Å². The second kappa shape index (κ2) is 9.08. The third-order valence-corrected chi connectivity index (χ3v) is 5.53. The number of anilines is 1. The van der Waals surface area contributed by atoms with Gasteiger partial charge in [0.05, 0.1) is 23.6 Å². The first kappa shape index (κ1) is 21.3. The third kappa shape index (κ3) is 4.73. The molecule has 3 aromatic rings. The van der Waals surface area contributed by atoms with Crippen LogP contribution >= 0.6 is 11.6 Å². The van der Waals surface area contributed by atoms with E-state index in [1.165, 1.54) is 6.07 Å². The first-order valence-electron chi connectivity index (χ1n) is 10.2. The molecule has 160 valence electrons. The van der Waals surface area contributed by atoms with Crippen molar-refractivity contribution >= 4 is 34.3 Å². The summed E-state index contributed by atoms with van der Waals surface area (Å²) >= 11 is 6.50. The van der Waals surface area contributed by atoms with Crippen molar-refractivity contribution < 1.29 is 8.78 Å². The SMILES string of the molecule is CC(C)N=C=NC1CCN(c2nc(F)nc3cc(-c4ccccc4F)c(Cl)cc23)CC1. The van der Waals surface area contributed by atoms with Gasteiger partial charge in [-0.25, -0.2) is 19.4 Å². The lowest BCUT2D eigenvalue weighted by Crippen LogP contribution is -2.36. The number of nitrogens with zero attached hydrogens (tertiary/aromatic N) is 5. The minimum absolute atomic E-state index is 0.132. The number of piperidine rings is 1. The molecular weight excluding hydrogens is 420 g/mol. The molecule has 0 unspecified atom stereocenters. The smallest absolute Gasteiger partial charge is 0.311 e. The number of hydrogen-bond acceptors (Lipinski definition) is 5. The summed E-state index contributed by atoms with van der Waals surface area (Å²) in [6.07, 6.45) is 0.748. The fourth-order valence-corrected chi connectivity index (χ4v) is 3.94. The van der Waals surface area contributed by atoms with Gasteiger partial charge in [-0.3, -0.25) is 0 Å². The Hall–Kier alpha value is -2.89. The lowest BCUT2D eigenvalue weighted by molar-refractivity contribution is 0.495. The van der Waals surface area contributed by atoms with Gasteiger partial charge in [0.15, 0.2) is 0 Å². The van der Waals surface area contributed by atoms with Crippen molar-refractivity contribution in [2.75, 3.05) is 18.0 Å². The Morgan fingerprint density at radius 2 is 1.84 bits per heavy atom. The maximum atomic E-state index is 14.3. The van der Waals surface area contributed by atoms with Crippen molar-refractivity contribution in [3.63, 3.8) is 0 Å². The van der Waals surface area contributed by atoms with Gasteiger partial charge in [-0.05, 0) is 44.9 Å². The van der Waals surface area contributed by atoms with Crippen molar-refractivity contribution in [1.82, 2.24) is 9.97 Å². The minimum Gasteiger partial charge on any atom is -0.356 e. The Balaban J connectivity index is 1.66. The van der Waals surface area contributed by atoms with Gasteiger partial charge in [0.25, 0.3) is 0 Å². The summed E-state index contributed by atoms with van der Waals surface area (Å²) in [5, 5.41) is 0.994. The molecular formula is C23H22ClF2N5. The quantitative estimate of drug-likeness (QED) is 0.381. The summed E-state index contributed by atoms with van der Waals surface area (Å²) in [4.78, 5) is 18.5. The van der Waals surface area contributed by atoms with E-state index in [1.54, 1.807) is 30.3 Å². The zero-order chi connectivity index (χ0) is 22.0. The molecule has 0 saturated carbocycles. The number of benzene rings is 2. The van der Waals surface area contributed by atoms with Crippen LogP contribution in [0.2, 0.25) is 5.02 Å². The third-order valence-electron chi connectivity index (χ3n) is 5.22. The molecule has 2 aromatic carbocycles. The van der Waals surface area contributed by atoms with Gasteiger partial charge < -0.3 is 4.90 Å². The maximum Gasteiger partial charge on any atom is 0.311 e. The van der Waals surface area contributed by atoms with Crippen molar-refractivity contribution in [3.05, 3.63) is 53.3 Å². The number of fused-ring (bicyclic) bond motifs is 1. The van der Waals surface area contributed by atoms with Gasteiger partial charge in [-0.15, -0.1) is 0 Å². The lowest BCUT2D eigenvalue weighted by Gasteiger charge is -2.31. The van der Waals surface area contributed by atoms with E-state index in [2.05, 4.69) is 26.0 Å². The van der Waals surface area contributed by atoms with Crippen LogP contribution in [0.15, 0.2) is 46.4 Å². The fraction of sp³-hybridized carbons (Fsp3) is 0.348. The zero-order valence-corrected chi connectivity index (χ0v) is 18.1. The van der Waals surface area contributed by atoms with E-state index in [0.29, 0.717) is 46.0 Å². The van der Waals surface area contributed by atoms with Crippen LogP contribution in [0.3, 0.4) is 0 Å². The normalized spacial score (nSPS) is 14.7. The van der Waals surface area contributed by atoms with Gasteiger partial charge in [-0.2, -0.15) is 9.37 Å². The molecule has 1 aromatic heterocycles. The monoisotopic (exact) mass is 441 g/mol. The summed E-state index contributed by atoms with van der Waals surface area (Å²) < 4.78 is 28.6. The zero-order valence-electron chi connectivity index (χ0n) is 17.3. The summed E-state index contributed by atoms with van der Waals surface area (Å²) in [5.74, 6) is 0.0879. The van der Waals surface area contributed by atoms with Crippen LogP contribution in [-0.2, 0) is 0 Å². The Bertz CT molecular complexity index is 1170. The van der Waals surface area contributed by atoms with Gasteiger partial charge in [0.2, 0.25) is 0 Å². The van der Waals surface area contributed by atoms with E-state index in [0.717, 1.165) is 12.8 Å².